The quantitative estimate of drug-likeness (QED) is 0.653. The van der Waals surface area contributed by atoms with Crippen molar-refractivity contribution in [3.05, 3.63) is 29.8 Å². The first-order valence-corrected chi connectivity index (χ1v) is 5.35. The molecule has 0 saturated carbocycles. The fraction of sp³-hybridized carbons (Fsp3) is 0.500. The minimum absolute atomic E-state index is 0. The Labute approximate surface area is 104 Å². The van der Waals surface area contributed by atoms with Gasteiger partial charge in [0, 0.05) is 12.0 Å². The zero-order valence-corrected chi connectivity index (χ0v) is 10.9. The number of rotatable bonds is 3. The first-order valence-electron chi connectivity index (χ1n) is 5.35. The average molecular weight is 303 g/mol. The summed E-state index contributed by atoms with van der Waals surface area (Å²) in [5.74, 6) is 0. The van der Waals surface area contributed by atoms with Gasteiger partial charge in [-0.2, -0.15) is 0 Å². The van der Waals surface area contributed by atoms with E-state index >= 15 is 0 Å². The van der Waals surface area contributed by atoms with Crippen LogP contribution in [0.2, 0.25) is 0 Å². The lowest BCUT2D eigenvalue weighted by Gasteiger charge is -2.12. The van der Waals surface area contributed by atoms with E-state index in [4.69, 9.17) is 0 Å². The van der Waals surface area contributed by atoms with Gasteiger partial charge in [-0.1, -0.05) is 31.5 Å². The van der Waals surface area contributed by atoms with Crippen LogP contribution >= 0.6 is 0 Å². The van der Waals surface area contributed by atoms with Gasteiger partial charge in [0.15, 0.2) is 0 Å². The van der Waals surface area contributed by atoms with E-state index in [2.05, 4.69) is 31.2 Å². The first kappa shape index (κ1) is 12.0. The van der Waals surface area contributed by atoms with Crippen LogP contribution in [0.3, 0.4) is 0 Å². The maximum atomic E-state index is 2.29. The number of quaternary nitrogens is 1. The molecule has 78 valence electrons. The summed E-state index contributed by atoms with van der Waals surface area (Å²) in [5, 5.41) is 0. The molecule has 1 aliphatic rings. The monoisotopic (exact) mass is 303 g/mol. The predicted molar refractivity (Wildman–Crippen MR) is 55.4 cm³/mol. The molecular weight excluding hydrogens is 285 g/mol. The summed E-state index contributed by atoms with van der Waals surface area (Å²) in [4.78, 5) is 1.69. The van der Waals surface area contributed by atoms with Crippen LogP contribution in [0.5, 0.6) is 0 Å². The molecule has 1 aromatic carbocycles. The standard InChI is InChI=1S/C12H17N.HI/c1-2-3-9-13-10-8-11-6-4-5-7-12(11)13;/h4-7H,2-3,8-10H2,1H3;1H. The van der Waals surface area contributed by atoms with Gasteiger partial charge in [0.05, 0.1) is 13.1 Å². The first-order chi connectivity index (χ1) is 6.42. The lowest BCUT2D eigenvalue weighted by Crippen LogP contribution is -3.06. The van der Waals surface area contributed by atoms with Crippen molar-refractivity contribution in [2.45, 2.75) is 26.2 Å². The van der Waals surface area contributed by atoms with Crippen LogP contribution < -0.4 is 28.9 Å². The molecule has 1 aliphatic heterocycles. The smallest absolute Gasteiger partial charge is 0.134 e. The molecule has 1 atom stereocenters. The SMILES string of the molecule is CCCC[NH+]1CCc2ccccc21.[I-]. The van der Waals surface area contributed by atoms with Gasteiger partial charge in [-0.25, -0.2) is 0 Å². The topological polar surface area (TPSA) is 4.44 Å². The Kier molecular flexibility index (Phi) is 4.89. The summed E-state index contributed by atoms with van der Waals surface area (Å²) in [6, 6.07) is 8.87. The van der Waals surface area contributed by atoms with Crippen molar-refractivity contribution in [2.24, 2.45) is 0 Å². The second-order valence-corrected chi connectivity index (χ2v) is 3.86. The molecule has 2 rings (SSSR count). The van der Waals surface area contributed by atoms with Gasteiger partial charge in [0.2, 0.25) is 0 Å². The number of unbranched alkanes of at least 4 members (excludes halogenated alkanes) is 1. The number of para-hydroxylation sites is 1. The minimum atomic E-state index is 0. The number of hydrogen-bond acceptors (Lipinski definition) is 0. The van der Waals surface area contributed by atoms with Gasteiger partial charge < -0.3 is 28.9 Å². The van der Waals surface area contributed by atoms with Crippen molar-refractivity contribution in [1.82, 2.24) is 0 Å². The Hall–Kier alpha value is -0.0900. The molecule has 2 heteroatoms. The Balaban J connectivity index is 0.000000980. The third kappa shape index (κ3) is 2.48. The fourth-order valence-corrected chi connectivity index (χ4v) is 2.15. The summed E-state index contributed by atoms with van der Waals surface area (Å²) in [5.41, 5.74) is 3.12. The number of halogens is 1. The van der Waals surface area contributed by atoms with Crippen molar-refractivity contribution in [1.29, 1.82) is 0 Å². The normalized spacial score (nSPS) is 18.8. The van der Waals surface area contributed by atoms with Crippen LogP contribution in [0.1, 0.15) is 25.3 Å². The minimum Gasteiger partial charge on any atom is -1.00 e. The van der Waals surface area contributed by atoms with Crippen molar-refractivity contribution in [2.75, 3.05) is 13.1 Å². The molecule has 0 radical (unpaired) electrons. The van der Waals surface area contributed by atoms with Crippen LogP contribution in [-0.4, -0.2) is 13.1 Å². The molecule has 0 fully saturated rings. The molecule has 0 aromatic heterocycles. The Bertz CT molecular complexity index is 285. The number of hydrogen-bond donors (Lipinski definition) is 1. The van der Waals surface area contributed by atoms with E-state index in [0.29, 0.717) is 0 Å². The Morgan fingerprint density at radius 3 is 2.86 bits per heavy atom. The van der Waals surface area contributed by atoms with E-state index in [9.17, 15) is 0 Å². The highest BCUT2D eigenvalue weighted by Gasteiger charge is 2.22. The van der Waals surface area contributed by atoms with Crippen LogP contribution in [0.25, 0.3) is 0 Å². The fourth-order valence-electron chi connectivity index (χ4n) is 2.15. The predicted octanol–water partition coefficient (Wildman–Crippen LogP) is -1.44. The highest BCUT2D eigenvalue weighted by atomic mass is 127. The molecule has 0 spiro atoms. The maximum Gasteiger partial charge on any atom is 0.134 e. The average Bonchev–Trinajstić information content (AvgIpc) is 2.58. The molecule has 1 N–H and O–H groups in total. The molecule has 0 amide bonds. The van der Waals surface area contributed by atoms with Gasteiger partial charge in [-0.05, 0) is 12.5 Å². The third-order valence-electron chi connectivity index (χ3n) is 2.93. The molecule has 1 heterocycles. The zero-order chi connectivity index (χ0) is 9.10. The molecular formula is C12H18IN. The summed E-state index contributed by atoms with van der Waals surface area (Å²) in [6.07, 6.45) is 3.94. The van der Waals surface area contributed by atoms with Crippen molar-refractivity contribution >= 4 is 5.69 Å². The van der Waals surface area contributed by atoms with Gasteiger partial charge >= 0.3 is 0 Å². The van der Waals surface area contributed by atoms with E-state index in [1.807, 2.05) is 0 Å². The number of fused-ring (bicyclic) bond motifs is 1. The summed E-state index contributed by atoms with van der Waals surface area (Å²) in [6.45, 7) is 4.88. The second kappa shape index (κ2) is 5.71. The van der Waals surface area contributed by atoms with E-state index in [0.717, 1.165) is 0 Å². The van der Waals surface area contributed by atoms with Gasteiger partial charge in [0.1, 0.15) is 5.69 Å². The van der Waals surface area contributed by atoms with Crippen molar-refractivity contribution < 1.29 is 28.9 Å². The zero-order valence-electron chi connectivity index (χ0n) is 8.72. The van der Waals surface area contributed by atoms with E-state index in [1.165, 1.54) is 32.4 Å². The van der Waals surface area contributed by atoms with Crippen LogP contribution in [0, 0.1) is 0 Å². The van der Waals surface area contributed by atoms with Gasteiger partial charge in [-0.3, -0.25) is 0 Å². The van der Waals surface area contributed by atoms with Gasteiger partial charge in [0.25, 0.3) is 0 Å². The summed E-state index contributed by atoms with van der Waals surface area (Å²) < 4.78 is 0. The largest absolute Gasteiger partial charge is 1.00 e. The number of benzene rings is 1. The lowest BCUT2D eigenvalue weighted by atomic mass is 10.2. The van der Waals surface area contributed by atoms with E-state index in [-0.39, 0.29) is 24.0 Å². The Morgan fingerprint density at radius 1 is 1.29 bits per heavy atom. The summed E-state index contributed by atoms with van der Waals surface area (Å²) >= 11 is 0. The number of nitrogens with one attached hydrogen (secondary N) is 1. The molecule has 0 aliphatic carbocycles. The van der Waals surface area contributed by atoms with Gasteiger partial charge in [-0.15, -0.1) is 0 Å². The molecule has 1 unspecified atom stereocenters. The Morgan fingerprint density at radius 2 is 2.07 bits per heavy atom. The van der Waals surface area contributed by atoms with Crippen LogP contribution in [0.15, 0.2) is 24.3 Å². The molecule has 0 saturated heterocycles. The molecule has 1 aromatic rings. The molecule has 14 heavy (non-hydrogen) atoms. The van der Waals surface area contributed by atoms with Crippen LogP contribution in [-0.2, 0) is 6.42 Å². The maximum absolute atomic E-state index is 2.29. The van der Waals surface area contributed by atoms with Crippen molar-refractivity contribution in [3.63, 3.8) is 0 Å². The van der Waals surface area contributed by atoms with Crippen LogP contribution in [0.4, 0.5) is 5.69 Å². The second-order valence-electron chi connectivity index (χ2n) is 3.86. The highest BCUT2D eigenvalue weighted by Crippen LogP contribution is 2.14. The van der Waals surface area contributed by atoms with E-state index < -0.39 is 0 Å². The molecule has 1 nitrogen and oxygen atoms in total. The molecule has 0 bridgehead atoms. The third-order valence-corrected chi connectivity index (χ3v) is 2.93. The lowest BCUT2D eigenvalue weighted by molar-refractivity contribution is -0.826. The van der Waals surface area contributed by atoms with Crippen molar-refractivity contribution in [3.8, 4) is 0 Å². The highest BCUT2D eigenvalue weighted by molar-refractivity contribution is 5.41. The van der Waals surface area contributed by atoms with E-state index in [1.54, 1.807) is 16.2 Å². The summed E-state index contributed by atoms with van der Waals surface area (Å²) in [7, 11) is 0.